The molecular formula is C20H19N5O2. The summed E-state index contributed by atoms with van der Waals surface area (Å²) >= 11 is 0. The van der Waals surface area contributed by atoms with Crippen LogP contribution in [0.5, 0.6) is 11.5 Å². The number of ether oxygens (including phenoxy) is 2. The van der Waals surface area contributed by atoms with E-state index in [1.165, 1.54) is 0 Å². The van der Waals surface area contributed by atoms with Gasteiger partial charge in [-0.15, -0.1) is 0 Å². The van der Waals surface area contributed by atoms with Crippen LogP contribution in [-0.2, 0) is 6.42 Å². The van der Waals surface area contributed by atoms with Gasteiger partial charge in [-0.1, -0.05) is 6.92 Å². The standard InChI is InChI=1S/C20H19N5O2/c1-4-19-23-10-12(11-24-19)15-8-17(25-20(22)16(15)9-21)14-6-5-13(26-2)7-18(14)27-3/h5-8,10-11H,4H2,1-3H3,(H2,22,25). The fraction of sp³-hybridized carbons (Fsp3) is 0.200. The number of hydrogen-bond donors (Lipinski definition) is 1. The lowest BCUT2D eigenvalue weighted by molar-refractivity contribution is 0.395. The van der Waals surface area contributed by atoms with Crippen LogP contribution in [0.15, 0.2) is 36.7 Å². The third-order valence-corrected chi connectivity index (χ3v) is 4.18. The maximum Gasteiger partial charge on any atom is 0.142 e. The molecule has 0 fully saturated rings. The lowest BCUT2D eigenvalue weighted by atomic mass is 10.00. The van der Waals surface area contributed by atoms with Crippen LogP contribution in [0.3, 0.4) is 0 Å². The van der Waals surface area contributed by atoms with E-state index in [1.54, 1.807) is 38.7 Å². The quantitative estimate of drug-likeness (QED) is 0.743. The van der Waals surface area contributed by atoms with Crippen molar-refractivity contribution in [2.24, 2.45) is 0 Å². The zero-order chi connectivity index (χ0) is 19.4. The molecule has 2 heterocycles. The minimum Gasteiger partial charge on any atom is -0.497 e. The molecule has 7 heteroatoms. The first kappa shape index (κ1) is 18.1. The number of anilines is 1. The fourth-order valence-electron chi connectivity index (χ4n) is 2.73. The summed E-state index contributed by atoms with van der Waals surface area (Å²) in [5.74, 6) is 2.13. The van der Waals surface area contributed by atoms with Gasteiger partial charge in [0.25, 0.3) is 0 Å². The molecule has 2 N–H and O–H groups in total. The number of aromatic nitrogens is 3. The summed E-state index contributed by atoms with van der Waals surface area (Å²) < 4.78 is 10.7. The maximum absolute atomic E-state index is 9.54. The number of aryl methyl sites for hydroxylation is 1. The van der Waals surface area contributed by atoms with Gasteiger partial charge in [0, 0.05) is 41.6 Å². The summed E-state index contributed by atoms with van der Waals surface area (Å²) in [6.45, 7) is 1.98. The van der Waals surface area contributed by atoms with Crippen LogP contribution in [-0.4, -0.2) is 29.2 Å². The van der Waals surface area contributed by atoms with Gasteiger partial charge < -0.3 is 15.2 Å². The van der Waals surface area contributed by atoms with Crippen molar-refractivity contribution in [3.05, 3.63) is 48.0 Å². The van der Waals surface area contributed by atoms with Crippen LogP contribution in [0, 0.1) is 11.3 Å². The Morgan fingerprint density at radius 1 is 1.07 bits per heavy atom. The summed E-state index contributed by atoms with van der Waals surface area (Å²) in [4.78, 5) is 13.0. The minimum absolute atomic E-state index is 0.141. The summed E-state index contributed by atoms with van der Waals surface area (Å²) in [6.07, 6.45) is 4.12. The van der Waals surface area contributed by atoms with E-state index in [0.29, 0.717) is 33.9 Å². The van der Waals surface area contributed by atoms with Crippen LogP contribution in [0.2, 0.25) is 0 Å². The average molecular weight is 361 g/mol. The van der Waals surface area contributed by atoms with E-state index in [0.717, 1.165) is 17.8 Å². The zero-order valence-corrected chi connectivity index (χ0v) is 15.4. The second-order valence-corrected chi connectivity index (χ2v) is 5.73. The van der Waals surface area contributed by atoms with Crippen molar-refractivity contribution >= 4 is 5.82 Å². The molecule has 0 unspecified atom stereocenters. The van der Waals surface area contributed by atoms with Crippen LogP contribution in [0.1, 0.15) is 18.3 Å². The highest BCUT2D eigenvalue weighted by Gasteiger charge is 2.16. The molecule has 0 aliphatic rings. The van der Waals surface area contributed by atoms with E-state index in [2.05, 4.69) is 21.0 Å². The van der Waals surface area contributed by atoms with E-state index in [1.807, 2.05) is 19.1 Å². The molecule has 0 aliphatic carbocycles. The van der Waals surface area contributed by atoms with Gasteiger partial charge in [0.2, 0.25) is 0 Å². The first-order chi connectivity index (χ1) is 13.1. The Hall–Kier alpha value is -3.66. The first-order valence-electron chi connectivity index (χ1n) is 8.35. The van der Waals surface area contributed by atoms with Crippen molar-refractivity contribution in [1.29, 1.82) is 5.26 Å². The summed E-state index contributed by atoms with van der Waals surface area (Å²) in [6, 6.07) is 9.34. The molecule has 0 spiro atoms. The van der Waals surface area contributed by atoms with Gasteiger partial charge in [-0.25, -0.2) is 15.0 Å². The highest BCUT2D eigenvalue weighted by molar-refractivity contribution is 5.81. The third-order valence-electron chi connectivity index (χ3n) is 4.18. The molecular weight excluding hydrogens is 342 g/mol. The van der Waals surface area contributed by atoms with Crippen LogP contribution >= 0.6 is 0 Å². The molecule has 136 valence electrons. The molecule has 0 atom stereocenters. The Morgan fingerprint density at radius 2 is 1.81 bits per heavy atom. The zero-order valence-electron chi connectivity index (χ0n) is 15.4. The molecule has 7 nitrogen and oxygen atoms in total. The fourth-order valence-corrected chi connectivity index (χ4v) is 2.73. The van der Waals surface area contributed by atoms with Gasteiger partial charge in [-0.3, -0.25) is 0 Å². The second kappa shape index (κ2) is 7.70. The predicted octanol–water partition coefficient (Wildman–Crippen LogP) is 3.24. The van der Waals surface area contributed by atoms with E-state index < -0.39 is 0 Å². The first-order valence-corrected chi connectivity index (χ1v) is 8.35. The van der Waals surface area contributed by atoms with Crippen molar-refractivity contribution in [1.82, 2.24) is 15.0 Å². The highest BCUT2D eigenvalue weighted by Crippen LogP contribution is 2.36. The number of benzene rings is 1. The lowest BCUT2D eigenvalue weighted by Gasteiger charge is -2.13. The molecule has 0 bridgehead atoms. The predicted molar refractivity (Wildman–Crippen MR) is 102 cm³/mol. The summed E-state index contributed by atoms with van der Waals surface area (Å²) in [5.41, 5.74) is 9.01. The van der Waals surface area contributed by atoms with Crippen molar-refractivity contribution in [2.45, 2.75) is 13.3 Å². The van der Waals surface area contributed by atoms with Crippen LogP contribution in [0.4, 0.5) is 5.82 Å². The lowest BCUT2D eigenvalue weighted by Crippen LogP contribution is -2.01. The molecule has 0 radical (unpaired) electrons. The van der Waals surface area contributed by atoms with Crippen molar-refractivity contribution in [3.8, 4) is 40.0 Å². The Kier molecular flexibility index (Phi) is 5.18. The van der Waals surface area contributed by atoms with Gasteiger partial charge in [0.1, 0.15) is 34.8 Å². The number of nitrogens with zero attached hydrogens (tertiary/aromatic N) is 4. The van der Waals surface area contributed by atoms with Crippen molar-refractivity contribution < 1.29 is 9.47 Å². The second-order valence-electron chi connectivity index (χ2n) is 5.73. The minimum atomic E-state index is 0.141. The largest absolute Gasteiger partial charge is 0.497 e. The Bertz CT molecular complexity index is 1010. The van der Waals surface area contributed by atoms with E-state index in [-0.39, 0.29) is 5.82 Å². The molecule has 0 amide bonds. The topological polar surface area (TPSA) is 107 Å². The maximum atomic E-state index is 9.54. The van der Waals surface area contributed by atoms with Gasteiger partial charge in [-0.2, -0.15) is 5.26 Å². The summed E-state index contributed by atoms with van der Waals surface area (Å²) in [7, 11) is 3.16. The smallest absolute Gasteiger partial charge is 0.142 e. The Balaban J connectivity index is 2.19. The van der Waals surface area contributed by atoms with Gasteiger partial charge in [0.05, 0.1) is 19.9 Å². The number of hydrogen-bond acceptors (Lipinski definition) is 7. The normalized spacial score (nSPS) is 10.3. The average Bonchev–Trinajstić information content (AvgIpc) is 2.72. The van der Waals surface area contributed by atoms with Gasteiger partial charge in [-0.05, 0) is 18.2 Å². The molecule has 2 aromatic heterocycles. The van der Waals surface area contributed by atoms with Crippen LogP contribution in [0.25, 0.3) is 22.4 Å². The van der Waals surface area contributed by atoms with Gasteiger partial charge in [0.15, 0.2) is 0 Å². The Labute approximate surface area is 157 Å². The third kappa shape index (κ3) is 3.51. The van der Waals surface area contributed by atoms with Crippen molar-refractivity contribution in [2.75, 3.05) is 20.0 Å². The van der Waals surface area contributed by atoms with Crippen molar-refractivity contribution in [3.63, 3.8) is 0 Å². The molecule has 0 aliphatic heterocycles. The molecule has 1 aromatic carbocycles. The Morgan fingerprint density at radius 3 is 2.41 bits per heavy atom. The summed E-state index contributed by atoms with van der Waals surface area (Å²) in [5, 5.41) is 9.54. The SMILES string of the molecule is CCc1ncc(-c2cc(-c3ccc(OC)cc3OC)nc(N)c2C#N)cn1. The molecule has 3 aromatic rings. The monoisotopic (exact) mass is 361 g/mol. The van der Waals surface area contributed by atoms with E-state index in [4.69, 9.17) is 15.2 Å². The van der Waals surface area contributed by atoms with E-state index >= 15 is 0 Å². The molecule has 3 rings (SSSR count). The number of methoxy groups -OCH3 is 2. The number of nitrogens with two attached hydrogens (primary N) is 1. The molecule has 0 saturated carbocycles. The number of pyridine rings is 1. The number of nitrogen functional groups attached to an aromatic ring is 1. The van der Waals surface area contributed by atoms with E-state index in [9.17, 15) is 5.26 Å². The molecule has 27 heavy (non-hydrogen) atoms. The van der Waals surface area contributed by atoms with Crippen LogP contribution < -0.4 is 15.2 Å². The number of rotatable bonds is 5. The molecule has 0 saturated heterocycles. The highest BCUT2D eigenvalue weighted by atomic mass is 16.5. The number of nitriles is 1. The van der Waals surface area contributed by atoms with Gasteiger partial charge >= 0.3 is 0 Å².